The van der Waals surface area contributed by atoms with E-state index >= 15 is 0 Å². The van der Waals surface area contributed by atoms with Crippen LogP contribution in [-0.4, -0.2) is 47.1 Å². The Bertz CT molecular complexity index is 927. The number of nitrogens with zero attached hydrogens (tertiary/aromatic N) is 3. The van der Waals surface area contributed by atoms with Crippen LogP contribution in [0.3, 0.4) is 0 Å². The maximum atomic E-state index is 13.1. The van der Waals surface area contributed by atoms with Gasteiger partial charge in [0.15, 0.2) is 0 Å². The number of hydrazine groups is 1. The Hall–Kier alpha value is -2.83. The van der Waals surface area contributed by atoms with E-state index in [2.05, 4.69) is 77.7 Å². The summed E-state index contributed by atoms with van der Waals surface area (Å²) in [4.78, 5) is 20.7. The van der Waals surface area contributed by atoms with Crippen LogP contribution in [0.15, 0.2) is 72.1 Å². The van der Waals surface area contributed by atoms with E-state index in [4.69, 9.17) is 4.84 Å². The molecule has 1 fully saturated rings. The zero-order valence-corrected chi connectivity index (χ0v) is 18.1. The van der Waals surface area contributed by atoms with E-state index in [0.29, 0.717) is 6.54 Å². The number of hydrogen-bond acceptors (Lipinski definition) is 5. The van der Waals surface area contributed by atoms with Crippen LogP contribution in [0.25, 0.3) is 0 Å². The van der Waals surface area contributed by atoms with Gasteiger partial charge in [-0.1, -0.05) is 60.7 Å². The highest BCUT2D eigenvalue weighted by atomic mass is 16.7. The number of amides is 1. The first-order valence-electron chi connectivity index (χ1n) is 10.4. The molecule has 6 nitrogen and oxygen atoms in total. The minimum atomic E-state index is -0.156. The van der Waals surface area contributed by atoms with Gasteiger partial charge in [0.25, 0.3) is 5.91 Å². The zero-order chi connectivity index (χ0) is 21.3. The molecular formula is C24H30N4O2. The van der Waals surface area contributed by atoms with Gasteiger partial charge in [0.2, 0.25) is 0 Å². The summed E-state index contributed by atoms with van der Waals surface area (Å²) >= 11 is 0. The number of carbonyl (C=O) groups is 1. The Morgan fingerprint density at radius 2 is 1.77 bits per heavy atom. The van der Waals surface area contributed by atoms with Crippen LogP contribution >= 0.6 is 0 Å². The first-order valence-corrected chi connectivity index (χ1v) is 10.4. The molecule has 1 unspecified atom stereocenters. The first-order chi connectivity index (χ1) is 14.4. The molecule has 2 aromatic rings. The molecule has 1 amide bonds. The lowest BCUT2D eigenvalue weighted by atomic mass is 9.86. The summed E-state index contributed by atoms with van der Waals surface area (Å²) in [6, 6.07) is 21.2. The van der Waals surface area contributed by atoms with Gasteiger partial charge in [-0.15, -0.1) is 0 Å². The Morgan fingerprint density at radius 3 is 2.40 bits per heavy atom. The molecule has 0 radical (unpaired) electrons. The van der Waals surface area contributed by atoms with Gasteiger partial charge in [-0.25, -0.2) is 10.5 Å². The van der Waals surface area contributed by atoms with E-state index in [1.54, 1.807) is 7.05 Å². The van der Waals surface area contributed by atoms with E-state index in [1.807, 2.05) is 12.1 Å². The highest BCUT2D eigenvalue weighted by molar-refractivity contribution is 5.94. The number of carbonyl (C=O) groups excluding carboxylic acids is 1. The number of fused-ring (bicyclic) bond motifs is 1. The van der Waals surface area contributed by atoms with Crippen LogP contribution in [0.1, 0.15) is 37.4 Å². The number of rotatable bonds is 5. The molecule has 1 atom stereocenters. The number of benzene rings is 2. The lowest BCUT2D eigenvalue weighted by Gasteiger charge is -2.52. The topological polar surface area (TPSA) is 48.1 Å². The lowest BCUT2D eigenvalue weighted by Crippen LogP contribution is -2.57. The van der Waals surface area contributed by atoms with Crippen molar-refractivity contribution in [2.45, 2.75) is 38.4 Å². The quantitative estimate of drug-likeness (QED) is 0.771. The number of nitrogens with one attached hydrogen (secondary N) is 1. The molecule has 0 bridgehead atoms. The van der Waals surface area contributed by atoms with E-state index in [9.17, 15) is 4.79 Å². The van der Waals surface area contributed by atoms with Crippen LogP contribution < -0.4 is 5.43 Å². The molecule has 30 heavy (non-hydrogen) atoms. The van der Waals surface area contributed by atoms with Crippen molar-refractivity contribution < 1.29 is 9.63 Å². The second-order valence-electron chi connectivity index (χ2n) is 8.51. The fourth-order valence-electron chi connectivity index (χ4n) is 4.45. The zero-order valence-electron chi connectivity index (χ0n) is 18.1. The molecule has 2 aliphatic heterocycles. The van der Waals surface area contributed by atoms with Gasteiger partial charge in [-0.3, -0.25) is 14.6 Å². The minimum absolute atomic E-state index is 0.120. The fraction of sp³-hybridized carbons (Fsp3) is 0.375. The molecule has 2 aromatic carbocycles. The van der Waals surface area contributed by atoms with Crippen molar-refractivity contribution in [3.63, 3.8) is 0 Å². The van der Waals surface area contributed by atoms with Crippen LogP contribution in [0.2, 0.25) is 0 Å². The maximum absolute atomic E-state index is 13.1. The summed E-state index contributed by atoms with van der Waals surface area (Å²) in [7, 11) is 3.17. The molecule has 6 heteroatoms. The van der Waals surface area contributed by atoms with Crippen molar-refractivity contribution in [3.05, 3.63) is 83.2 Å². The number of likely N-dealkylation sites (N-methyl/N-ethyl adjacent to an activating group) is 1. The third-order valence-electron chi connectivity index (χ3n) is 6.04. The largest absolute Gasteiger partial charge is 0.345 e. The molecule has 0 saturated carbocycles. The molecule has 0 aliphatic carbocycles. The third kappa shape index (κ3) is 3.68. The molecule has 2 aliphatic rings. The van der Waals surface area contributed by atoms with Gasteiger partial charge in [-0.2, -0.15) is 0 Å². The summed E-state index contributed by atoms with van der Waals surface area (Å²) in [6.07, 6.45) is 0.932. The smallest absolute Gasteiger partial charge is 0.278 e. The molecule has 1 saturated heterocycles. The second-order valence-corrected chi connectivity index (χ2v) is 8.51. The average Bonchev–Trinajstić information content (AvgIpc) is 3.22. The van der Waals surface area contributed by atoms with Gasteiger partial charge in [0.05, 0.1) is 24.3 Å². The van der Waals surface area contributed by atoms with E-state index in [-0.39, 0.29) is 17.5 Å². The normalized spacial score (nSPS) is 20.3. The lowest BCUT2D eigenvalue weighted by molar-refractivity contribution is -0.164. The summed E-state index contributed by atoms with van der Waals surface area (Å²) in [6.45, 7) is 5.65. The molecule has 158 valence electrons. The molecular weight excluding hydrogens is 376 g/mol. The molecule has 4 rings (SSSR count). The second kappa shape index (κ2) is 8.13. The Labute approximate surface area is 178 Å². The van der Waals surface area contributed by atoms with Gasteiger partial charge in [0.1, 0.15) is 5.82 Å². The van der Waals surface area contributed by atoms with Crippen molar-refractivity contribution in [1.82, 2.24) is 20.4 Å². The van der Waals surface area contributed by atoms with Crippen molar-refractivity contribution >= 4 is 5.91 Å². The standard InChI is InChI=1S/C24H30N4O2/c1-24(2)15-21(19-13-9-6-10-14-19)27(17-18-11-7-5-8-12-18)22-20(16-25-28(22)24)23(29)26(3)30-4/h5-14,21,25H,15-17H2,1-4H3. The fourth-order valence-corrected chi connectivity index (χ4v) is 4.45. The predicted octanol–water partition coefficient (Wildman–Crippen LogP) is 3.46. The molecule has 2 heterocycles. The average molecular weight is 407 g/mol. The third-order valence-corrected chi connectivity index (χ3v) is 6.04. The molecule has 0 spiro atoms. The monoisotopic (exact) mass is 406 g/mol. The molecule has 1 N–H and O–H groups in total. The van der Waals surface area contributed by atoms with Crippen molar-refractivity contribution in [2.75, 3.05) is 20.7 Å². The van der Waals surface area contributed by atoms with Crippen LogP contribution in [0, 0.1) is 0 Å². The van der Waals surface area contributed by atoms with Gasteiger partial charge >= 0.3 is 0 Å². The van der Waals surface area contributed by atoms with Crippen LogP contribution in [0.4, 0.5) is 0 Å². The molecule has 0 aromatic heterocycles. The highest BCUT2D eigenvalue weighted by Crippen LogP contribution is 2.45. The summed E-state index contributed by atoms with van der Waals surface area (Å²) in [5, 5.41) is 3.47. The minimum Gasteiger partial charge on any atom is -0.345 e. The van der Waals surface area contributed by atoms with Gasteiger partial charge in [-0.05, 0) is 31.4 Å². The summed E-state index contributed by atoms with van der Waals surface area (Å²) in [5.41, 5.74) is 6.50. The Kier molecular flexibility index (Phi) is 5.54. The highest BCUT2D eigenvalue weighted by Gasteiger charge is 2.47. The number of hydroxylamine groups is 2. The van der Waals surface area contributed by atoms with E-state index < -0.39 is 0 Å². The van der Waals surface area contributed by atoms with Gasteiger partial charge in [0, 0.05) is 20.1 Å². The summed E-state index contributed by atoms with van der Waals surface area (Å²) in [5.74, 6) is 0.822. The van der Waals surface area contributed by atoms with Crippen molar-refractivity contribution in [3.8, 4) is 0 Å². The SMILES string of the molecule is CON(C)C(=O)C1=C2N(Cc3ccccc3)C(c3ccccc3)CC(C)(C)N2NC1. The van der Waals surface area contributed by atoms with Crippen molar-refractivity contribution in [1.29, 1.82) is 0 Å². The maximum Gasteiger partial charge on any atom is 0.278 e. The van der Waals surface area contributed by atoms with Crippen molar-refractivity contribution in [2.24, 2.45) is 0 Å². The van der Waals surface area contributed by atoms with Gasteiger partial charge < -0.3 is 4.90 Å². The van der Waals surface area contributed by atoms with Crippen LogP contribution in [0.5, 0.6) is 0 Å². The number of hydrogen-bond donors (Lipinski definition) is 1. The van der Waals surface area contributed by atoms with E-state index in [1.165, 1.54) is 23.3 Å². The first kappa shape index (κ1) is 20.4. The van der Waals surface area contributed by atoms with E-state index in [0.717, 1.165) is 24.4 Å². The van der Waals surface area contributed by atoms with Crippen LogP contribution in [-0.2, 0) is 16.2 Å². The summed E-state index contributed by atoms with van der Waals surface area (Å²) < 4.78 is 0. The predicted molar refractivity (Wildman–Crippen MR) is 117 cm³/mol. The Morgan fingerprint density at radius 1 is 1.13 bits per heavy atom. The Balaban J connectivity index is 1.84.